The first kappa shape index (κ1) is 67.9. The summed E-state index contributed by atoms with van der Waals surface area (Å²) in [5.41, 5.74) is 0. The van der Waals surface area contributed by atoms with Crippen LogP contribution in [0.2, 0.25) is 0 Å². The summed E-state index contributed by atoms with van der Waals surface area (Å²) in [7, 11) is 0. The first-order chi connectivity index (χ1) is 34.5. The highest BCUT2D eigenvalue weighted by molar-refractivity contribution is 5.71. The largest absolute Gasteiger partial charge is 0.462 e. The molecular formula is C64H120O6. The van der Waals surface area contributed by atoms with Gasteiger partial charge < -0.3 is 14.2 Å². The molecule has 0 heterocycles. The van der Waals surface area contributed by atoms with Gasteiger partial charge in [-0.1, -0.05) is 302 Å². The van der Waals surface area contributed by atoms with Gasteiger partial charge in [0.15, 0.2) is 6.10 Å². The first-order valence-corrected chi connectivity index (χ1v) is 31.3. The van der Waals surface area contributed by atoms with Crippen LogP contribution in [0.3, 0.4) is 0 Å². The van der Waals surface area contributed by atoms with E-state index in [4.69, 9.17) is 14.2 Å². The maximum Gasteiger partial charge on any atom is 0.306 e. The van der Waals surface area contributed by atoms with Crippen molar-refractivity contribution in [3.63, 3.8) is 0 Å². The van der Waals surface area contributed by atoms with E-state index in [1.807, 2.05) is 0 Å². The van der Waals surface area contributed by atoms with Gasteiger partial charge in [0.05, 0.1) is 0 Å². The van der Waals surface area contributed by atoms with E-state index in [0.717, 1.165) is 64.2 Å². The number of esters is 3. The molecule has 70 heavy (non-hydrogen) atoms. The average Bonchev–Trinajstić information content (AvgIpc) is 3.36. The van der Waals surface area contributed by atoms with Gasteiger partial charge in [-0.2, -0.15) is 0 Å². The molecular weight excluding hydrogens is 865 g/mol. The van der Waals surface area contributed by atoms with Crippen molar-refractivity contribution in [3.05, 3.63) is 24.3 Å². The minimum atomic E-state index is -0.764. The number of ether oxygens (including phenoxy) is 3. The fourth-order valence-corrected chi connectivity index (χ4v) is 9.48. The van der Waals surface area contributed by atoms with Crippen molar-refractivity contribution in [1.29, 1.82) is 0 Å². The zero-order chi connectivity index (χ0) is 50.7. The van der Waals surface area contributed by atoms with E-state index in [1.165, 1.54) is 244 Å². The zero-order valence-electron chi connectivity index (χ0n) is 47.3. The van der Waals surface area contributed by atoms with E-state index >= 15 is 0 Å². The smallest absolute Gasteiger partial charge is 0.306 e. The molecule has 1 atom stereocenters. The van der Waals surface area contributed by atoms with Gasteiger partial charge in [0.2, 0.25) is 0 Å². The Kier molecular flexibility index (Phi) is 57.7. The Bertz CT molecular complexity index is 1130. The predicted octanol–water partition coefficient (Wildman–Crippen LogP) is 21.1. The van der Waals surface area contributed by atoms with E-state index in [0.29, 0.717) is 19.3 Å². The maximum atomic E-state index is 12.8. The summed E-state index contributed by atoms with van der Waals surface area (Å²) in [5, 5.41) is 0. The van der Waals surface area contributed by atoms with Crippen molar-refractivity contribution in [2.24, 2.45) is 0 Å². The van der Waals surface area contributed by atoms with Crippen LogP contribution in [0.5, 0.6) is 0 Å². The molecule has 0 bridgehead atoms. The summed E-state index contributed by atoms with van der Waals surface area (Å²) in [5.74, 6) is -0.842. The molecule has 0 aromatic heterocycles. The average molecular weight is 986 g/mol. The summed E-state index contributed by atoms with van der Waals surface area (Å²) >= 11 is 0. The van der Waals surface area contributed by atoms with E-state index in [1.54, 1.807) is 0 Å². The molecule has 6 heteroatoms. The molecule has 0 N–H and O–H groups in total. The lowest BCUT2D eigenvalue weighted by Crippen LogP contribution is -2.30. The van der Waals surface area contributed by atoms with E-state index in [-0.39, 0.29) is 31.1 Å². The molecule has 0 radical (unpaired) electrons. The molecule has 0 fully saturated rings. The molecule has 0 rings (SSSR count). The van der Waals surface area contributed by atoms with Gasteiger partial charge >= 0.3 is 17.9 Å². The Balaban J connectivity index is 4.07. The van der Waals surface area contributed by atoms with Gasteiger partial charge in [0.25, 0.3) is 0 Å². The van der Waals surface area contributed by atoms with Crippen molar-refractivity contribution >= 4 is 17.9 Å². The van der Waals surface area contributed by atoms with Gasteiger partial charge in [-0.05, 0) is 51.4 Å². The second-order valence-electron chi connectivity index (χ2n) is 21.3. The van der Waals surface area contributed by atoms with Crippen LogP contribution in [-0.4, -0.2) is 37.2 Å². The standard InChI is InChI=1S/C64H120O6/c1-4-7-10-13-16-19-22-24-25-26-27-28-29-30-31-32-33-34-35-36-37-38-39-40-43-45-48-51-54-57-63(66)69-60-61(59-68-62(65)56-53-50-47-44-41-21-18-15-12-9-6-3)70-64(67)58-55-52-49-46-42-23-20-17-14-11-8-5-2/h22,24,26-27,61H,4-21,23,25,28-60H2,1-3H3/b24-22-,27-26-. The number of carbonyl (C=O) groups excluding carboxylic acids is 3. The second-order valence-corrected chi connectivity index (χ2v) is 21.3. The second kappa shape index (κ2) is 59.5. The normalized spacial score (nSPS) is 12.1. The Labute approximate surface area is 436 Å². The molecule has 1 unspecified atom stereocenters. The molecule has 0 aliphatic carbocycles. The Morgan fingerprint density at radius 1 is 0.286 bits per heavy atom. The number of allylic oxidation sites excluding steroid dienone is 4. The Morgan fingerprint density at radius 3 is 0.786 bits per heavy atom. The van der Waals surface area contributed by atoms with Crippen LogP contribution in [0.15, 0.2) is 24.3 Å². The summed E-state index contributed by atoms with van der Waals surface area (Å²) in [6.07, 6.45) is 70.5. The lowest BCUT2D eigenvalue weighted by molar-refractivity contribution is -0.167. The van der Waals surface area contributed by atoms with Crippen LogP contribution >= 0.6 is 0 Å². The molecule has 6 nitrogen and oxygen atoms in total. The van der Waals surface area contributed by atoms with Crippen LogP contribution < -0.4 is 0 Å². The highest BCUT2D eigenvalue weighted by Crippen LogP contribution is 2.18. The van der Waals surface area contributed by atoms with E-state index < -0.39 is 6.10 Å². The summed E-state index contributed by atoms with van der Waals surface area (Å²) < 4.78 is 16.9. The van der Waals surface area contributed by atoms with Crippen LogP contribution in [0.25, 0.3) is 0 Å². The summed E-state index contributed by atoms with van der Waals surface area (Å²) in [6, 6.07) is 0. The lowest BCUT2D eigenvalue weighted by Gasteiger charge is -2.18. The highest BCUT2D eigenvalue weighted by atomic mass is 16.6. The Hall–Kier alpha value is -2.11. The molecule has 0 aromatic rings. The summed E-state index contributed by atoms with van der Waals surface area (Å²) in [6.45, 7) is 6.67. The van der Waals surface area contributed by atoms with Gasteiger partial charge in [0, 0.05) is 19.3 Å². The minimum Gasteiger partial charge on any atom is -0.462 e. The van der Waals surface area contributed by atoms with Gasteiger partial charge in [0.1, 0.15) is 13.2 Å². The SMILES string of the molecule is CCCCCCC/C=C\C/C=C\CCCCCCCCCCCCCCCCCCCC(=O)OCC(COC(=O)CCCCCCCCCCCCC)OC(=O)CCCCCCCCCCCCCC. The van der Waals surface area contributed by atoms with Gasteiger partial charge in [-0.15, -0.1) is 0 Å². The number of unbranched alkanes of at least 4 members (excludes halogenated alkanes) is 43. The minimum absolute atomic E-state index is 0.0643. The number of rotatable bonds is 58. The molecule has 0 spiro atoms. The monoisotopic (exact) mass is 985 g/mol. The third-order valence-electron chi connectivity index (χ3n) is 14.2. The molecule has 412 valence electrons. The van der Waals surface area contributed by atoms with Crippen molar-refractivity contribution in [3.8, 4) is 0 Å². The fraction of sp³-hybridized carbons (Fsp3) is 0.891. The fourth-order valence-electron chi connectivity index (χ4n) is 9.48. The van der Waals surface area contributed by atoms with E-state index in [2.05, 4.69) is 45.1 Å². The van der Waals surface area contributed by atoms with Crippen LogP contribution in [0.4, 0.5) is 0 Å². The third-order valence-corrected chi connectivity index (χ3v) is 14.2. The molecule has 0 aliphatic rings. The summed E-state index contributed by atoms with van der Waals surface area (Å²) in [4.78, 5) is 38.1. The number of hydrogen-bond acceptors (Lipinski definition) is 6. The van der Waals surface area contributed by atoms with Crippen LogP contribution in [0, 0.1) is 0 Å². The topological polar surface area (TPSA) is 78.9 Å². The molecule has 0 aliphatic heterocycles. The lowest BCUT2D eigenvalue weighted by atomic mass is 10.0. The highest BCUT2D eigenvalue weighted by Gasteiger charge is 2.19. The molecule has 0 saturated heterocycles. The van der Waals surface area contributed by atoms with Crippen LogP contribution in [0.1, 0.15) is 348 Å². The first-order valence-electron chi connectivity index (χ1n) is 31.3. The zero-order valence-corrected chi connectivity index (χ0v) is 47.3. The number of hydrogen-bond donors (Lipinski definition) is 0. The third kappa shape index (κ3) is 56.8. The van der Waals surface area contributed by atoms with Gasteiger partial charge in [-0.25, -0.2) is 0 Å². The molecule has 0 aromatic carbocycles. The van der Waals surface area contributed by atoms with Crippen molar-refractivity contribution < 1.29 is 28.6 Å². The van der Waals surface area contributed by atoms with Gasteiger partial charge in [-0.3, -0.25) is 14.4 Å². The molecule has 0 saturated carbocycles. The van der Waals surface area contributed by atoms with Crippen LogP contribution in [-0.2, 0) is 28.6 Å². The Morgan fingerprint density at radius 2 is 0.514 bits per heavy atom. The predicted molar refractivity (Wildman–Crippen MR) is 303 cm³/mol. The van der Waals surface area contributed by atoms with Crippen molar-refractivity contribution in [1.82, 2.24) is 0 Å². The quantitative estimate of drug-likeness (QED) is 0.0261. The number of carbonyl (C=O) groups is 3. The van der Waals surface area contributed by atoms with Crippen molar-refractivity contribution in [2.75, 3.05) is 13.2 Å². The van der Waals surface area contributed by atoms with Crippen molar-refractivity contribution in [2.45, 2.75) is 354 Å². The van der Waals surface area contributed by atoms with E-state index in [9.17, 15) is 14.4 Å². The maximum absolute atomic E-state index is 12.8. The molecule has 0 amide bonds.